The van der Waals surface area contributed by atoms with Crippen LogP contribution in [-0.4, -0.2) is 21.6 Å². The van der Waals surface area contributed by atoms with Gasteiger partial charge in [0, 0.05) is 17.0 Å². The second-order valence-corrected chi connectivity index (χ2v) is 9.24. The van der Waals surface area contributed by atoms with Crippen molar-refractivity contribution in [2.45, 2.75) is 56.4 Å². The van der Waals surface area contributed by atoms with E-state index >= 15 is 0 Å². The van der Waals surface area contributed by atoms with Crippen molar-refractivity contribution in [2.24, 2.45) is 5.92 Å². The Hall–Kier alpha value is -2.96. The molecule has 7 heteroatoms. The van der Waals surface area contributed by atoms with Crippen LogP contribution in [0.5, 0.6) is 0 Å². The number of carbonyl (C=O) groups is 1. The number of nitrogens with one attached hydrogen (secondary N) is 1. The minimum absolute atomic E-state index is 0.120. The zero-order chi connectivity index (χ0) is 22.3. The lowest BCUT2D eigenvalue weighted by Crippen LogP contribution is -2.39. The summed E-state index contributed by atoms with van der Waals surface area (Å²) < 4.78 is 40.9. The Bertz CT molecular complexity index is 1170. The van der Waals surface area contributed by atoms with Crippen molar-refractivity contribution >= 4 is 16.8 Å². The van der Waals surface area contributed by atoms with Gasteiger partial charge in [-0.15, -0.1) is 0 Å². The van der Waals surface area contributed by atoms with Crippen LogP contribution < -0.4 is 5.32 Å². The van der Waals surface area contributed by atoms with Crippen LogP contribution in [0, 0.1) is 23.4 Å². The molecule has 3 aromatic rings. The molecule has 2 aromatic carbocycles. The van der Waals surface area contributed by atoms with Crippen LogP contribution >= 0.6 is 0 Å². The fraction of sp³-hybridized carbons (Fsp3) is 0.400. The number of hydrogen-bond acceptors (Lipinski definition) is 3. The van der Waals surface area contributed by atoms with Crippen molar-refractivity contribution in [1.29, 1.82) is 0 Å². The number of nitrogens with zero attached hydrogens (tertiary/aromatic N) is 2. The zero-order valence-electron chi connectivity index (χ0n) is 17.6. The first-order valence-corrected chi connectivity index (χ1v) is 11.1. The summed E-state index contributed by atoms with van der Waals surface area (Å²) in [6, 6.07) is 7.63. The van der Waals surface area contributed by atoms with Gasteiger partial charge in [0.15, 0.2) is 0 Å². The van der Waals surface area contributed by atoms with Crippen LogP contribution in [0.1, 0.15) is 66.8 Å². The highest BCUT2D eigenvalue weighted by Crippen LogP contribution is 2.47. The number of hydrogen-bond donors (Lipinski definition) is 1. The Labute approximate surface area is 184 Å². The van der Waals surface area contributed by atoms with E-state index in [4.69, 9.17) is 0 Å². The molecular formula is C25H24F3N3O. The largest absolute Gasteiger partial charge is 0.347 e. The smallest absolute Gasteiger partial charge is 0.254 e. The summed E-state index contributed by atoms with van der Waals surface area (Å²) in [4.78, 5) is 12.5. The van der Waals surface area contributed by atoms with Gasteiger partial charge in [0.25, 0.3) is 5.91 Å². The molecule has 1 aromatic heterocycles. The van der Waals surface area contributed by atoms with Gasteiger partial charge in [-0.25, -0.2) is 13.2 Å². The molecule has 2 saturated carbocycles. The van der Waals surface area contributed by atoms with E-state index in [0.717, 1.165) is 68.0 Å². The Kier molecular flexibility index (Phi) is 5.35. The van der Waals surface area contributed by atoms with E-state index in [0.29, 0.717) is 17.4 Å². The van der Waals surface area contributed by atoms with Crippen LogP contribution in [-0.2, 0) is 0 Å². The van der Waals surface area contributed by atoms with Crippen molar-refractivity contribution in [1.82, 2.24) is 15.5 Å². The normalized spacial score (nSPS) is 22.0. The topological polar surface area (TPSA) is 54.9 Å². The maximum atomic E-state index is 14.0. The first-order valence-electron chi connectivity index (χ1n) is 11.1. The lowest BCUT2D eigenvalue weighted by atomic mass is 9.76. The average molecular weight is 439 g/mol. The molecule has 2 aliphatic rings. The fourth-order valence-corrected chi connectivity index (χ4v) is 5.12. The molecule has 0 radical (unpaired) electrons. The lowest BCUT2D eigenvalue weighted by Gasteiger charge is -2.32. The number of carbonyl (C=O) groups excluding carboxylic acids is 1. The predicted octanol–water partition coefficient (Wildman–Crippen LogP) is 5.67. The van der Waals surface area contributed by atoms with Gasteiger partial charge in [-0.05, 0) is 92.7 Å². The van der Waals surface area contributed by atoms with Gasteiger partial charge in [-0.2, -0.15) is 10.2 Å². The summed E-state index contributed by atoms with van der Waals surface area (Å²) in [5.41, 5.74) is 1.35. The van der Waals surface area contributed by atoms with Gasteiger partial charge >= 0.3 is 0 Å². The molecule has 2 fully saturated rings. The van der Waals surface area contributed by atoms with Gasteiger partial charge in [0.1, 0.15) is 17.5 Å². The second kappa shape index (κ2) is 8.19. The maximum absolute atomic E-state index is 14.0. The first kappa shape index (κ1) is 20.9. The zero-order valence-corrected chi connectivity index (χ0v) is 17.6. The van der Waals surface area contributed by atoms with Gasteiger partial charge in [-0.3, -0.25) is 4.79 Å². The average Bonchev–Trinajstić information content (AvgIpc) is 3.52. The van der Waals surface area contributed by atoms with Crippen LogP contribution in [0.15, 0.2) is 42.6 Å². The summed E-state index contributed by atoms with van der Waals surface area (Å²) in [5, 5.41) is 12.0. The summed E-state index contributed by atoms with van der Waals surface area (Å²) in [6.45, 7) is 0. The highest BCUT2D eigenvalue weighted by molar-refractivity contribution is 5.95. The van der Waals surface area contributed by atoms with E-state index in [-0.39, 0.29) is 16.9 Å². The second-order valence-electron chi connectivity index (χ2n) is 9.24. The molecule has 0 bridgehead atoms. The van der Waals surface area contributed by atoms with Gasteiger partial charge < -0.3 is 5.32 Å². The van der Waals surface area contributed by atoms with Crippen LogP contribution in [0.2, 0.25) is 0 Å². The summed E-state index contributed by atoms with van der Waals surface area (Å²) in [5.74, 6) is -1.52. The first-order chi connectivity index (χ1) is 15.4. The minimum atomic E-state index is -0.839. The Balaban J connectivity index is 1.22. The Morgan fingerprint density at radius 2 is 1.72 bits per heavy atom. The van der Waals surface area contributed by atoms with Crippen molar-refractivity contribution in [3.63, 3.8) is 0 Å². The highest BCUT2D eigenvalue weighted by Gasteiger charge is 2.46. The third-order valence-electron chi connectivity index (χ3n) is 7.01. The molecule has 4 nitrogen and oxygen atoms in total. The number of halogens is 3. The third-order valence-corrected chi connectivity index (χ3v) is 7.01. The van der Waals surface area contributed by atoms with Gasteiger partial charge in [-0.1, -0.05) is 0 Å². The molecule has 1 N–H and O–H groups in total. The Morgan fingerprint density at radius 3 is 2.44 bits per heavy atom. The summed E-state index contributed by atoms with van der Waals surface area (Å²) in [7, 11) is 0. The SMILES string of the molecule is O=C(NC1(CC2CCC(c3cnnc4ccc(F)cc34)CC2)CC1)c1ccc(F)cc1F. The van der Waals surface area contributed by atoms with E-state index in [1.165, 1.54) is 18.2 Å². The number of aromatic nitrogens is 2. The highest BCUT2D eigenvalue weighted by atomic mass is 19.1. The molecule has 0 saturated heterocycles. The summed E-state index contributed by atoms with van der Waals surface area (Å²) in [6.07, 6.45) is 8.32. The minimum Gasteiger partial charge on any atom is -0.347 e. The molecule has 0 unspecified atom stereocenters. The molecule has 0 atom stereocenters. The van der Waals surface area contributed by atoms with E-state index in [1.54, 1.807) is 12.3 Å². The van der Waals surface area contributed by atoms with Gasteiger partial charge in [0.05, 0.1) is 17.3 Å². The lowest BCUT2D eigenvalue weighted by molar-refractivity contribution is 0.0917. The number of fused-ring (bicyclic) bond motifs is 1. The van der Waals surface area contributed by atoms with Gasteiger partial charge in [0.2, 0.25) is 0 Å². The third kappa shape index (κ3) is 4.20. The molecule has 1 amide bonds. The molecule has 166 valence electrons. The molecule has 1 heterocycles. The van der Waals surface area contributed by atoms with Crippen molar-refractivity contribution < 1.29 is 18.0 Å². The number of rotatable bonds is 5. The Morgan fingerprint density at radius 1 is 1.00 bits per heavy atom. The molecule has 0 aliphatic heterocycles. The van der Waals surface area contributed by atoms with E-state index < -0.39 is 17.5 Å². The van der Waals surface area contributed by atoms with E-state index in [1.807, 2.05) is 0 Å². The van der Waals surface area contributed by atoms with Crippen molar-refractivity contribution in [2.75, 3.05) is 0 Å². The quantitative estimate of drug-likeness (QED) is 0.557. The van der Waals surface area contributed by atoms with Crippen LogP contribution in [0.4, 0.5) is 13.2 Å². The van der Waals surface area contributed by atoms with Crippen molar-refractivity contribution in [3.8, 4) is 0 Å². The van der Waals surface area contributed by atoms with E-state index in [9.17, 15) is 18.0 Å². The van der Waals surface area contributed by atoms with Crippen LogP contribution in [0.25, 0.3) is 10.9 Å². The van der Waals surface area contributed by atoms with Crippen LogP contribution in [0.3, 0.4) is 0 Å². The standard InChI is InChI=1S/C25H24F3N3O/c26-17-6-8-23-20(11-17)21(14-29-31-23)16-3-1-15(2-4-16)13-25(9-10-25)30-24(32)19-7-5-18(27)12-22(19)28/h5-8,11-12,14-16H,1-4,9-10,13H2,(H,30,32). The maximum Gasteiger partial charge on any atom is 0.254 e. The molecular weight excluding hydrogens is 415 g/mol. The fourth-order valence-electron chi connectivity index (χ4n) is 5.12. The molecule has 5 rings (SSSR count). The van der Waals surface area contributed by atoms with E-state index in [2.05, 4.69) is 15.5 Å². The predicted molar refractivity (Wildman–Crippen MR) is 115 cm³/mol. The monoisotopic (exact) mass is 439 g/mol. The number of benzene rings is 2. The summed E-state index contributed by atoms with van der Waals surface area (Å²) >= 11 is 0. The number of amides is 1. The molecule has 0 spiro atoms. The molecule has 32 heavy (non-hydrogen) atoms. The van der Waals surface area contributed by atoms with Crippen molar-refractivity contribution in [3.05, 3.63) is 71.2 Å². The molecule has 2 aliphatic carbocycles.